The van der Waals surface area contributed by atoms with Crippen LogP contribution in [0.15, 0.2) is 15.8 Å². The second-order valence-corrected chi connectivity index (χ2v) is 3.61. The molecule has 1 aliphatic heterocycles. The van der Waals surface area contributed by atoms with E-state index in [0.717, 1.165) is 6.20 Å². The zero-order valence-electron chi connectivity index (χ0n) is 8.55. The standard InChI is InChI=1S/C8H11N3O6/c12-2-3-5(14)6(15)7(17-3)11-8(16)10-4(13)1-9-11/h1,3,5-7,12,14-15H,2H2,(H,10,13,16)/t3-,5-,6?,7-/m1/s1. The number of aliphatic hydroxyl groups excluding tert-OH is 3. The van der Waals surface area contributed by atoms with Crippen LogP contribution in [-0.2, 0) is 4.74 Å². The molecule has 1 saturated heterocycles. The number of H-pyrrole nitrogens is 1. The number of nitrogens with zero attached hydrogens (tertiary/aromatic N) is 2. The molecule has 0 amide bonds. The molecule has 4 atom stereocenters. The lowest BCUT2D eigenvalue weighted by molar-refractivity contribution is -0.0618. The predicted molar refractivity (Wildman–Crippen MR) is 52.1 cm³/mol. The van der Waals surface area contributed by atoms with Gasteiger partial charge in [-0.2, -0.15) is 9.78 Å². The molecule has 1 aliphatic rings. The van der Waals surface area contributed by atoms with Crippen LogP contribution in [0.1, 0.15) is 6.23 Å². The summed E-state index contributed by atoms with van der Waals surface area (Å²) in [5, 5.41) is 31.5. The third-order valence-corrected chi connectivity index (χ3v) is 2.50. The number of aromatic amines is 1. The quantitative estimate of drug-likeness (QED) is 0.425. The van der Waals surface area contributed by atoms with Crippen LogP contribution in [0, 0.1) is 0 Å². The molecule has 1 unspecified atom stereocenters. The fraction of sp³-hybridized carbons (Fsp3) is 0.625. The Morgan fingerprint density at radius 1 is 1.41 bits per heavy atom. The zero-order valence-corrected chi connectivity index (χ0v) is 8.55. The van der Waals surface area contributed by atoms with Crippen molar-refractivity contribution < 1.29 is 20.1 Å². The largest absolute Gasteiger partial charge is 0.394 e. The van der Waals surface area contributed by atoms with Gasteiger partial charge < -0.3 is 20.1 Å². The molecule has 1 fully saturated rings. The van der Waals surface area contributed by atoms with Crippen LogP contribution in [-0.4, -0.2) is 55.0 Å². The molecule has 4 N–H and O–H groups in total. The Morgan fingerprint density at radius 3 is 2.65 bits per heavy atom. The van der Waals surface area contributed by atoms with Crippen LogP contribution in [0.5, 0.6) is 0 Å². The van der Waals surface area contributed by atoms with E-state index < -0.39 is 42.4 Å². The van der Waals surface area contributed by atoms with E-state index in [-0.39, 0.29) is 0 Å². The minimum absolute atomic E-state index is 0.507. The first-order valence-electron chi connectivity index (χ1n) is 4.85. The van der Waals surface area contributed by atoms with Gasteiger partial charge in [0.15, 0.2) is 6.23 Å². The molecular weight excluding hydrogens is 234 g/mol. The van der Waals surface area contributed by atoms with Crippen molar-refractivity contribution in [1.82, 2.24) is 14.8 Å². The van der Waals surface area contributed by atoms with Crippen molar-refractivity contribution in [2.75, 3.05) is 6.61 Å². The zero-order chi connectivity index (χ0) is 12.6. The molecule has 0 spiro atoms. The van der Waals surface area contributed by atoms with E-state index in [1.807, 2.05) is 4.98 Å². The van der Waals surface area contributed by atoms with Crippen molar-refractivity contribution in [2.24, 2.45) is 0 Å². The third kappa shape index (κ3) is 2.00. The monoisotopic (exact) mass is 245 g/mol. The number of aromatic nitrogens is 3. The van der Waals surface area contributed by atoms with Gasteiger partial charge in [-0.25, -0.2) is 4.79 Å². The molecular formula is C8H11N3O6. The number of ether oxygens (including phenoxy) is 1. The molecule has 0 radical (unpaired) electrons. The summed E-state index contributed by atoms with van der Waals surface area (Å²) in [6, 6.07) is 0. The summed E-state index contributed by atoms with van der Waals surface area (Å²) < 4.78 is 5.77. The van der Waals surface area contributed by atoms with Crippen LogP contribution in [0.25, 0.3) is 0 Å². The highest BCUT2D eigenvalue weighted by molar-refractivity contribution is 4.88. The van der Waals surface area contributed by atoms with Crippen molar-refractivity contribution in [2.45, 2.75) is 24.5 Å². The molecule has 9 heteroatoms. The highest BCUT2D eigenvalue weighted by atomic mass is 16.6. The second kappa shape index (κ2) is 4.37. The maximum atomic E-state index is 11.4. The Balaban J connectivity index is 2.35. The normalized spacial score (nSPS) is 32.9. The first kappa shape index (κ1) is 11.9. The van der Waals surface area contributed by atoms with E-state index in [9.17, 15) is 19.8 Å². The summed E-state index contributed by atoms with van der Waals surface area (Å²) in [6.45, 7) is -0.507. The number of rotatable bonds is 2. The van der Waals surface area contributed by atoms with Gasteiger partial charge in [-0.3, -0.25) is 9.78 Å². The average Bonchev–Trinajstić information content (AvgIpc) is 2.57. The van der Waals surface area contributed by atoms with E-state index >= 15 is 0 Å². The Bertz CT molecular complexity index is 510. The predicted octanol–water partition coefficient (Wildman–Crippen LogP) is -3.46. The van der Waals surface area contributed by atoms with Gasteiger partial charge in [0.1, 0.15) is 24.5 Å². The number of hydrogen-bond donors (Lipinski definition) is 4. The lowest BCUT2D eigenvalue weighted by Gasteiger charge is -2.14. The van der Waals surface area contributed by atoms with Crippen LogP contribution >= 0.6 is 0 Å². The molecule has 2 heterocycles. The van der Waals surface area contributed by atoms with Crippen molar-refractivity contribution >= 4 is 0 Å². The van der Waals surface area contributed by atoms with E-state index in [1.165, 1.54) is 0 Å². The lowest BCUT2D eigenvalue weighted by Crippen LogP contribution is -2.39. The molecule has 0 saturated carbocycles. The Morgan fingerprint density at radius 2 is 2.12 bits per heavy atom. The van der Waals surface area contributed by atoms with E-state index in [1.54, 1.807) is 0 Å². The smallest absolute Gasteiger partial charge is 0.347 e. The highest BCUT2D eigenvalue weighted by Gasteiger charge is 2.44. The van der Waals surface area contributed by atoms with Crippen molar-refractivity contribution in [3.63, 3.8) is 0 Å². The van der Waals surface area contributed by atoms with Gasteiger partial charge in [0.25, 0.3) is 5.56 Å². The van der Waals surface area contributed by atoms with Gasteiger partial charge in [0, 0.05) is 0 Å². The minimum Gasteiger partial charge on any atom is -0.394 e. The van der Waals surface area contributed by atoms with Gasteiger partial charge in [-0.05, 0) is 0 Å². The van der Waals surface area contributed by atoms with Crippen molar-refractivity contribution in [1.29, 1.82) is 0 Å². The summed E-state index contributed by atoms with van der Waals surface area (Å²) >= 11 is 0. The Hall–Kier alpha value is -1.55. The molecule has 9 nitrogen and oxygen atoms in total. The first-order valence-corrected chi connectivity index (χ1v) is 4.85. The SMILES string of the molecule is O=c1cnn([C@@H]2O[C@H](CO)[C@@H](O)C2O)c(=O)[nH]1. The van der Waals surface area contributed by atoms with Gasteiger partial charge in [0.2, 0.25) is 0 Å². The van der Waals surface area contributed by atoms with E-state index in [0.29, 0.717) is 4.68 Å². The second-order valence-electron chi connectivity index (χ2n) is 3.61. The fourth-order valence-corrected chi connectivity index (χ4v) is 1.63. The molecule has 1 aromatic heterocycles. The Labute approximate surface area is 93.9 Å². The number of nitrogens with one attached hydrogen (secondary N) is 1. The van der Waals surface area contributed by atoms with Crippen LogP contribution < -0.4 is 11.2 Å². The van der Waals surface area contributed by atoms with Crippen LogP contribution in [0.4, 0.5) is 0 Å². The molecule has 17 heavy (non-hydrogen) atoms. The lowest BCUT2D eigenvalue weighted by atomic mass is 10.1. The van der Waals surface area contributed by atoms with Crippen LogP contribution in [0.3, 0.4) is 0 Å². The van der Waals surface area contributed by atoms with Gasteiger partial charge in [-0.15, -0.1) is 0 Å². The number of aliphatic hydroxyl groups is 3. The third-order valence-electron chi connectivity index (χ3n) is 2.50. The first-order chi connectivity index (χ1) is 8.04. The summed E-state index contributed by atoms with van der Waals surface area (Å²) in [5.74, 6) is 0. The van der Waals surface area contributed by atoms with E-state index in [2.05, 4.69) is 5.10 Å². The maximum absolute atomic E-state index is 11.4. The summed E-state index contributed by atoms with van der Waals surface area (Å²) in [7, 11) is 0. The van der Waals surface area contributed by atoms with Gasteiger partial charge in [-0.1, -0.05) is 0 Å². The van der Waals surface area contributed by atoms with Gasteiger partial charge >= 0.3 is 5.69 Å². The topological polar surface area (TPSA) is 138 Å². The van der Waals surface area contributed by atoms with Crippen molar-refractivity contribution in [3.05, 3.63) is 27.0 Å². The molecule has 1 aromatic rings. The minimum atomic E-state index is -1.41. The molecule has 0 aromatic carbocycles. The summed E-state index contributed by atoms with van der Waals surface area (Å²) in [4.78, 5) is 24.1. The summed E-state index contributed by atoms with van der Waals surface area (Å²) in [5.41, 5.74) is -1.55. The number of hydrogen-bond acceptors (Lipinski definition) is 7. The average molecular weight is 245 g/mol. The Kier molecular flexibility index (Phi) is 3.07. The van der Waals surface area contributed by atoms with Crippen molar-refractivity contribution in [3.8, 4) is 0 Å². The van der Waals surface area contributed by atoms with Gasteiger partial charge in [0.05, 0.1) is 6.61 Å². The maximum Gasteiger partial charge on any atom is 0.347 e. The molecule has 94 valence electrons. The van der Waals surface area contributed by atoms with E-state index in [4.69, 9.17) is 9.84 Å². The molecule has 0 bridgehead atoms. The molecule has 0 aliphatic carbocycles. The molecule has 2 rings (SSSR count). The fourth-order valence-electron chi connectivity index (χ4n) is 1.63. The van der Waals surface area contributed by atoms with Crippen LogP contribution in [0.2, 0.25) is 0 Å². The highest BCUT2D eigenvalue weighted by Crippen LogP contribution is 2.27. The summed E-state index contributed by atoms with van der Waals surface area (Å²) in [6.07, 6.45) is -4.15.